The van der Waals surface area contributed by atoms with Crippen molar-refractivity contribution in [3.8, 4) is 22.6 Å². The molecule has 0 saturated carbocycles. The molecular weight excluding hydrogens is 394 g/mol. The second kappa shape index (κ2) is 8.10. The summed E-state index contributed by atoms with van der Waals surface area (Å²) < 4.78 is 42.1. The lowest BCUT2D eigenvalue weighted by Gasteiger charge is -2.38. The molecule has 2 heterocycles. The number of carboxylic acid groups (broad SMARTS) is 1. The van der Waals surface area contributed by atoms with Gasteiger partial charge in [0.25, 0.3) is 0 Å². The van der Waals surface area contributed by atoms with Crippen molar-refractivity contribution in [1.29, 1.82) is 0 Å². The van der Waals surface area contributed by atoms with E-state index in [4.69, 9.17) is 9.47 Å². The molecule has 1 amide bonds. The first kappa shape index (κ1) is 20.4. The fourth-order valence-electron chi connectivity index (χ4n) is 4.31. The summed E-state index contributed by atoms with van der Waals surface area (Å²) in [5.74, 6) is -0.998. The average Bonchev–Trinajstić information content (AvgIpc) is 2.92. The molecule has 2 aliphatic heterocycles. The first-order valence-corrected chi connectivity index (χ1v) is 9.96. The van der Waals surface area contributed by atoms with Gasteiger partial charge < -0.3 is 19.5 Å². The molecule has 2 aliphatic rings. The molecule has 2 aromatic carbocycles. The van der Waals surface area contributed by atoms with E-state index in [0.29, 0.717) is 42.9 Å². The molecular formula is C22H24F2N2O4. The Morgan fingerprint density at radius 1 is 1.30 bits per heavy atom. The van der Waals surface area contributed by atoms with Crippen LogP contribution in [0, 0.1) is 11.6 Å². The van der Waals surface area contributed by atoms with Gasteiger partial charge in [0.1, 0.15) is 18.2 Å². The molecule has 2 aromatic rings. The number of hydrogen-bond donors (Lipinski definition) is 1. The smallest absolute Gasteiger partial charge is 0.407 e. The van der Waals surface area contributed by atoms with Crippen molar-refractivity contribution in [3.63, 3.8) is 0 Å². The van der Waals surface area contributed by atoms with Crippen LogP contribution in [0.15, 0.2) is 24.3 Å². The number of rotatable bonds is 3. The second-order valence-corrected chi connectivity index (χ2v) is 7.55. The fraction of sp³-hybridized carbons (Fsp3) is 0.409. The van der Waals surface area contributed by atoms with Crippen LogP contribution in [-0.4, -0.2) is 60.4 Å². The molecule has 160 valence electrons. The van der Waals surface area contributed by atoms with Crippen molar-refractivity contribution >= 4 is 6.09 Å². The highest BCUT2D eigenvalue weighted by molar-refractivity contribution is 5.77. The van der Waals surface area contributed by atoms with Gasteiger partial charge in [-0.1, -0.05) is 19.1 Å². The topological polar surface area (TPSA) is 62.2 Å². The summed E-state index contributed by atoms with van der Waals surface area (Å²) in [6.45, 7) is 3.45. The van der Waals surface area contributed by atoms with Crippen molar-refractivity contribution in [2.45, 2.75) is 25.9 Å². The number of amides is 1. The van der Waals surface area contributed by atoms with E-state index >= 15 is 8.78 Å². The highest BCUT2D eigenvalue weighted by Crippen LogP contribution is 2.42. The van der Waals surface area contributed by atoms with Crippen LogP contribution < -0.4 is 9.47 Å². The van der Waals surface area contributed by atoms with Crippen molar-refractivity contribution in [1.82, 2.24) is 9.80 Å². The van der Waals surface area contributed by atoms with Gasteiger partial charge in [-0.15, -0.1) is 0 Å². The van der Waals surface area contributed by atoms with Gasteiger partial charge in [-0.25, -0.2) is 13.6 Å². The molecule has 0 radical (unpaired) electrons. The lowest BCUT2D eigenvalue weighted by molar-refractivity contribution is 0.0499. The van der Waals surface area contributed by atoms with Gasteiger partial charge in [0, 0.05) is 37.3 Å². The van der Waals surface area contributed by atoms with Crippen molar-refractivity contribution < 1.29 is 28.2 Å². The van der Waals surface area contributed by atoms with Crippen LogP contribution in [0.4, 0.5) is 13.6 Å². The Kier molecular flexibility index (Phi) is 5.51. The van der Waals surface area contributed by atoms with Gasteiger partial charge in [-0.05, 0) is 24.1 Å². The zero-order chi connectivity index (χ0) is 21.4. The van der Waals surface area contributed by atoms with E-state index in [1.165, 1.54) is 18.1 Å². The van der Waals surface area contributed by atoms with Gasteiger partial charge >= 0.3 is 6.09 Å². The molecule has 1 N–H and O–H groups in total. The van der Waals surface area contributed by atoms with Gasteiger partial charge in [0.15, 0.2) is 11.6 Å². The number of halogens is 2. The molecule has 8 heteroatoms. The highest BCUT2D eigenvalue weighted by atomic mass is 19.1. The van der Waals surface area contributed by atoms with E-state index in [1.807, 2.05) is 17.9 Å². The standard InChI is InChI=1S/C22H24F2N2O4/c1-3-13-5-4-6-17(29-2)18(13)19-16(23)9-14-10-25-7-8-26(22(27)28)11-15(25)12-30-21(14)20(19)24/h4-6,9,15H,3,7-8,10-12H2,1-2H3,(H,27,28)/t15-/m1/s1. The Bertz CT molecular complexity index is 960. The van der Waals surface area contributed by atoms with Crippen LogP contribution in [0.25, 0.3) is 11.1 Å². The number of fused-ring (bicyclic) bond motifs is 2. The third-order valence-electron chi connectivity index (χ3n) is 5.88. The Morgan fingerprint density at radius 3 is 2.80 bits per heavy atom. The number of ether oxygens (including phenoxy) is 2. The predicted molar refractivity (Wildman–Crippen MR) is 107 cm³/mol. The highest BCUT2D eigenvalue weighted by Gasteiger charge is 2.35. The Hall–Kier alpha value is -2.87. The molecule has 4 rings (SSSR count). The molecule has 0 spiro atoms. The maximum atomic E-state index is 15.7. The Morgan fingerprint density at radius 2 is 2.10 bits per heavy atom. The minimum atomic E-state index is -0.987. The molecule has 0 aliphatic carbocycles. The van der Waals surface area contributed by atoms with E-state index in [2.05, 4.69) is 0 Å². The quantitative estimate of drug-likeness (QED) is 0.823. The third kappa shape index (κ3) is 3.45. The maximum Gasteiger partial charge on any atom is 0.407 e. The van der Waals surface area contributed by atoms with Crippen molar-refractivity contribution in [2.75, 3.05) is 33.4 Å². The lowest BCUT2D eigenvalue weighted by atomic mass is 9.94. The van der Waals surface area contributed by atoms with Crippen LogP contribution in [0.5, 0.6) is 11.5 Å². The maximum absolute atomic E-state index is 15.7. The van der Waals surface area contributed by atoms with Gasteiger partial charge in [0.05, 0.1) is 18.7 Å². The summed E-state index contributed by atoms with van der Waals surface area (Å²) in [4.78, 5) is 14.6. The SMILES string of the molecule is CCc1cccc(OC)c1-c1c(F)cc2c(c1F)OC[C@H]1CN(C(=O)O)CCN1C2. The largest absolute Gasteiger partial charge is 0.496 e. The molecule has 6 nitrogen and oxygen atoms in total. The van der Waals surface area contributed by atoms with Gasteiger partial charge in [0.2, 0.25) is 0 Å². The molecule has 0 unspecified atom stereocenters. The molecule has 1 saturated heterocycles. The average molecular weight is 418 g/mol. The van der Waals surface area contributed by atoms with Crippen molar-refractivity contribution in [2.24, 2.45) is 0 Å². The van der Waals surface area contributed by atoms with Crippen LogP contribution in [-0.2, 0) is 13.0 Å². The van der Waals surface area contributed by atoms with Crippen LogP contribution in [0.3, 0.4) is 0 Å². The summed E-state index contributed by atoms with van der Waals surface area (Å²) in [6, 6.07) is 6.41. The minimum absolute atomic E-state index is 0.0237. The Balaban J connectivity index is 1.76. The number of aryl methyl sites for hydroxylation is 1. The van der Waals surface area contributed by atoms with E-state index in [9.17, 15) is 9.90 Å². The molecule has 0 aromatic heterocycles. The number of hydrogen-bond acceptors (Lipinski definition) is 4. The summed E-state index contributed by atoms with van der Waals surface area (Å²) >= 11 is 0. The monoisotopic (exact) mass is 418 g/mol. The van der Waals surface area contributed by atoms with Gasteiger partial charge in [-0.3, -0.25) is 4.90 Å². The van der Waals surface area contributed by atoms with Crippen LogP contribution in [0.2, 0.25) is 0 Å². The second-order valence-electron chi connectivity index (χ2n) is 7.55. The normalized spacial score (nSPS) is 18.8. The number of piperazine rings is 1. The molecule has 0 bridgehead atoms. The lowest BCUT2D eigenvalue weighted by Crippen LogP contribution is -2.55. The summed E-state index contributed by atoms with van der Waals surface area (Å²) in [6.07, 6.45) is -0.399. The van der Waals surface area contributed by atoms with Gasteiger partial charge in [-0.2, -0.15) is 0 Å². The fourth-order valence-corrected chi connectivity index (χ4v) is 4.31. The molecule has 1 atom stereocenters. The van der Waals surface area contributed by atoms with Crippen LogP contribution in [0.1, 0.15) is 18.1 Å². The van der Waals surface area contributed by atoms with Crippen molar-refractivity contribution in [3.05, 3.63) is 47.0 Å². The number of benzene rings is 2. The number of methoxy groups -OCH3 is 1. The third-order valence-corrected chi connectivity index (χ3v) is 5.88. The summed E-state index contributed by atoms with van der Waals surface area (Å²) in [7, 11) is 1.47. The first-order chi connectivity index (χ1) is 14.4. The van der Waals surface area contributed by atoms with Crippen LogP contribution >= 0.6 is 0 Å². The zero-order valence-electron chi connectivity index (χ0n) is 17.0. The number of nitrogens with zero attached hydrogens (tertiary/aromatic N) is 2. The van der Waals surface area contributed by atoms with E-state index in [0.717, 1.165) is 5.56 Å². The molecule has 30 heavy (non-hydrogen) atoms. The number of carbonyl (C=O) groups is 1. The van der Waals surface area contributed by atoms with E-state index < -0.39 is 17.7 Å². The van der Waals surface area contributed by atoms with E-state index in [-0.39, 0.29) is 30.5 Å². The summed E-state index contributed by atoms with van der Waals surface area (Å²) in [5.41, 5.74) is 1.43. The first-order valence-electron chi connectivity index (χ1n) is 9.96. The predicted octanol–water partition coefficient (Wildman–Crippen LogP) is 3.76. The van der Waals surface area contributed by atoms with E-state index in [1.54, 1.807) is 12.1 Å². The minimum Gasteiger partial charge on any atom is -0.496 e. The zero-order valence-corrected chi connectivity index (χ0v) is 17.0. The Labute approximate surface area is 173 Å². The molecule has 1 fully saturated rings. The summed E-state index contributed by atoms with van der Waals surface area (Å²) in [5, 5.41) is 9.26.